The second-order valence-corrected chi connectivity index (χ2v) is 4.42. The minimum Gasteiger partial charge on any atom is -0.497 e. The molecule has 1 N–H and O–H groups in total. The van der Waals surface area contributed by atoms with Crippen molar-refractivity contribution in [3.63, 3.8) is 0 Å². The maximum atomic E-state index is 10.5. The highest BCUT2D eigenvalue weighted by Gasteiger charge is 2.16. The first-order valence-electron chi connectivity index (χ1n) is 6.12. The van der Waals surface area contributed by atoms with Crippen LogP contribution in [0.15, 0.2) is 42.5 Å². The second kappa shape index (κ2) is 5.76. The van der Waals surface area contributed by atoms with Gasteiger partial charge in [0.15, 0.2) is 0 Å². The molecular weight excluding hydrogens is 240 g/mol. The van der Waals surface area contributed by atoms with Gasteiger partial charge in [-0.1, -0.05) is 29.8 Å². The van der Waals surface area contributed by atoms with Crippen molar-refractivity contribution in [2.75, 3.05) is 14.2 Å². The molecule has 0 aliphatic carbocycles. The van der Waals surface area contributed by atoms with Crippen molar-refractivity contribution in [3.8, 4) is 11.5 Å². The molecule has 0 heterocycles. The lowest BCUT2D eigenvalue weighted by molar-refractivity contribution is 0.214. The molecule has 0 saturated carbocycles. The summed E-state index contributed by atoms with van der Waals surface area (Å²) in [7, 11) is 3.19. The Morgan fingerprint density at radius 1 is 1.00 bits per heavy atom. The SMILES string of the molecule is COc1ccc([C@H](O)c2cccc(C)c2)c(OC)c1. The molecule has 100 valence electrons. The molecule has 2 rings (SSSR count). The van der Waals surface area contributed by atoms with E-state index in [9.17, 15) is 5.11 Å². The lowest BCUT2D eigenvalue weighted by Crippen LogP contribution is -2.03. The van der Waals surface area contributed by atoms with Crippen LogP contribution in [0, 0.1) is 6.92 Å². The number of hydrogen-bond acceptors (Lipinski definition) is 3. The van der Waals surface area contributed by atoms with Gasteiger partial charge in [-0.25, -0.2) is 0 Å². The largest absolute Gasteiger partial charge is 0.497 e. The van der Waals surface area contributed by atoms with Crippen molar-refractivity contribution >= 4 is 0 Å². The highest BCUT2D eigenvalue weighted by Crippen LogP contribution is 2.33. The Hall–Kier alpha value is -2.00. The number of aliphatic hydroxyl groups excluding tert-OH is 1. The van der Waals surface area contributed by atoms with Gasteiger partial charge in [0.1, 0.15) is 17.6 Å². The fourth-order valence-electron chi connectivity index (χ4n) is 2.06. The zero-order valence-electron chi connectivity index (χ0n) is 11.4. The van der Waals surface area contributed by atoms with Gasteiger partial charge in [-0.2, -0.15) is 0 Å². The Labute approximate surface area is 113 Å². The summed E-state index contributed by atoms with van der Waals surface area (Å²) in [5.74, 6) is 1.32. The quantitative estimate of drug-likeness (QED) is 0.915. The minimum atomic E-state index is -0.708. The van der Waals surface area contributed by atoms with Crippen LogP contribution < -0.4 is 9.47 Å². The zero-order chi connectivity index (χ0) is 13.8. The fourth-order valence-corrected chi connectivity index (χ4v) is 2.06. The van der Waals surface area contributed by atoms with Gasteiger partial charge in [-0.05, 0) is 24.6 Å². The molecule has 19 heavy (non-hydrogen) atoms. The van der Waals surface area contributed by atoms with Crippen LogP contribution >= 0.6 is 0 Å². The second-order valence-electron chi connectivity index (χ2n) is 4.42. The molecule has 0 fully saturated rings. The third kappa shape index (κ3) is 2.88. The first-order chi connectivity index (χ1) is 9.15. The van der Waals surface area contributed by atoms with Crippen LogP contribution in [0.3, 0.4) is 0 Å². The Balaban J connectivity index is 2.40. The molecular formula is C16H18O3. The van der Waals surface area contributed by atoms with Gasteiger partial charge >= 0.3 is 0 Å². The molecule has 2 aromatic rings. The van der Waals surface area contributed by atoms with Gasteiger partial charge in [-0.3, -0.25) is 0 Å². The summed E-state index contributed by atoms with van der Waals surface area (Å²) in [6, 6.07) is 13.2. The maximum absolute atomic E-state index is 10.5. The minimum absolute atomic E-state index is 0.619. The van der Waals surface area contributed by atoms with Gasteiger partial charge in [0, 0.05) is 11.6 Å². The predicted octanol–water partition coefficient (Wildman–Crippen LogP) is 3.09. The van der Waals surface area contributed by atoms with E-state index in [1.807, 2.05) is 43.3 Å². The van der Waals surface area contributed by atoms with Crippen molar-refractivity contribution in [1.82, 2.24) is 0 Å². The first kappa shape index (κ1) is 13.4. The molecule has 0 spiro atoms. The summed E-state index contributed by atoms with van der Waals surface area (Å²) in [6.07, 6.45) is -0.708. The summed E-state index contributed by atoms with van der Waals surface area (Å²) in [4.78, 5) is 0. The molecule has 0 unspecified atom stereocenters. The molecule has 0 aromatic heterocycles. The van der Waals surface area contributed by atoms with Crippen molar-refractivity contribution in [1.29, 1.82) is 0 Å². The third-order valence-corrected chi connectivity index (χ3v) is 3.09. The van der Waals surface area contributed by atoms with Gasteiger partial charge in [0.05, 0.1) is 14.2 Å². The lowest BCUT2D eigenvalue weighted by Gasteiger charge is -2.16. The summed E-state index contributed by atoms with van der Waals surface area (Å²) in [5, 5.41) is 10.5. The lowest BCUT2D eigenvalue weighted by atomic mass is 9.99. The molecule has 0 aliphatic heterocycles. The summed E-state index contributed by atoms with van der Waals surface area (Å²) in [5.41, 5.74) is 2.70. The van der Waals surface area contributed by atoms with E-state index < -0.39 is 6.10 Å². The van der Waals surface area contributed by atoms with Gasteiger partial charge < -0.3 is 14.6 Å². The topological polar surface area (TPSA) is 38.7 Å². The van der Waals surface area contributed by atoms with E-state index in [1.165, 1.54) is 0 Å². The number of benzene rings is 2. The maximum Gasteiger partial charge on any atom is 0.128 e. The smallest absolute Gasteiger partial charge is 0.128 e. The van der Waals surface area contributed by atoms with Crippen LogP contribution in [0.4, 0.5) is 0 Å². The number of ether oxygens (including phenoxy) is 2. The van der Waals surface area contributed by atoms with Crippen LogP contribution in [-0.2, 0) is 0 Å². The zero-order valence-corrected chi connectivity index (χ0v) is 11.4. The van der Waals surface area contributed by atoms with Gasteiger partial charge in [-0.15, -0.1) is 0 Å². The van der Waals surface area contributed by atoms with Crippen LogP contribution in [0.25, 0.3) is 0 Å². The van der Waals surface area contributed by atoms with Crippen LogP contribution in [0.1, 0.15) is 22.8 Å². The van der Waals surface area contributed by atoms with E-state index in [0.717, 1.165) is 16.7 Å². The predicted molar refractivity (Wildman–Crippen MR) is 74.8 cm³/mol. The Kier molecular flexibility index (Phi) is 4.07. The number of aryl methyl sites for hydroxylation is 1. The first-order valence-corrected chi connectivity index (χ1v) is 6.12. The van der Waals surface area contributed by atoms with Crippen molar-refractivity contribution < 1.29 is 14.6 Å². The van der Waals surface area contributed by atoms with Crippen LogP contribution in [0.5, 0.6) is 11.5 Å². The standard InChI is InChI=1S/C16H18O3/c1-11-5-4-6-12(9-11)16(17)14-8-7-13(18-2)10-15(14)19-3/h4-10,16-17H,1-3H3/t16-/m1/s1. The van der Waals surface area contributed by atoms with E-state index in [2.05, 4.69) is 0 Å². The fraction of sp³-hybridized carbons (Fsp3) is 0.250. The number of aliphatic hydroxyl groups is 1. The Morgan fingerprint density at radius 2 is 1.79 bits per heavy atom. The molecule has 0 aliphatic rings. The normalized spacial score (nSPS) is 12.0. The average molecular weight is 258 g/mol. The summed E-state index contributed by atoms with van der Waals surface area (Å²) >= 11 is 0. The van der Waals surface area contributed by atoms with Crippen molar-refractivity contribution in [3.05, 3.63) is 59.2 Å². The Bertz CT molecular complexity index is 564. The van der Waals surface area contributed by atoms with Crippen molar-refractivity contribution in [2.24, 2.45) is 0 Å². The average Bonchev–Trinajstić information content (AvgIpc) is 2.45. The van der Waals surface area contributed by atoms with Gasteiger partial charge in [0.25, 0.3) is 0 Å². The molecule has 0 radical (unpaired) electrons. The number of hydrogen-bond donors (Lipinski definition) is 1. The number of methoxy groups -OCH3 is 2. The molecule has 0 bridgehead atoms. The highest BCUT2D eigenvalue weighted by molar-refractivity contribution is 5.45. The van der Waals surface area contributed by atoms with Crippen LogP contribution in [-0.4, -0.2) is 19.3 Å². The molecule has 1 atom stereocenters. The summed E-state index contributed by atoms with van der Waals surface area (Å²) < 4.78 is 10.5. The molecule has 0 amide bonds. The number of rotatable bonds is 4. The molecule has 3 heteroatoms. The van der Waals surface area contributed by atoms with Gasteiger partial charge in [0.2, 0.25) is 0 Å². The van der Waals surface area contributed by atoms with E-state index >= 15 is 0 Å². The molecule has 0 saturated heterocycles. The van der Waals surface area contributed by atoms with E-state index in [4.69, 9.17) is 9.47 Å². The van der Waals surface area contributed by atoms with E-state index in [1.54, 1.807) is 20.3 Å². The monoisotopic (exact) mass is 258 g/mol. The van der Waals surface area contributed by atoms with E-state index in [-0.39, 0.29) is 0 Å². The van der Waals surface area contributed by atoms with Crippen molar-refractivity contribution in [2.45, 2.75) is 13.0 Å². The molecule has 3 nitrogen and oxygen atoms in total. The highest BCUT2D eigenvalue weighted by atomic mass is 16.5. The Morgan fingerprint density at radius 3 is 2.42 bits per heavy atom. The third-order valence-electron chi connectivity index (χ3n) is 3.09. The summed E-state index contributed by atoms with van der Waals surface area (Å²) in [6.45, 7) is 2.00. The van der Waals surface area contributed by atoms with Crippen LogP contribution in [0.2, 0.25) is 0 Å². The van der Waals surface area contributed by atoms with E-state index in [0.29, 0.717) is 11.5 Å². The molecule has 2 aromatic carbocycles.